The Kier molecular flexibility index (Phi) is 9.94. The van der Waals surface area contributed by atoms with Crippen LogP contribution in [0, 0.1) is 0 Å². The minimum absolute atomic E-state index is 0. The predicted molar refractivity (Wildman–Crippen MR) is 25.6 cm³/mol. The van der Waals surface area contributed by atoms with Gasteiger partial charge in [-0.15, -0.1) is 0 Å². The van der Waals surface area contributed by atoms with Crippen LogP contribution < -0.4 is 0 Å². The van der Waals surface area contributed by atoms with Crippen molar-refractivity contribution in [3.8, 4) is 0 Å². The van der Waals surface area contributed by atoms with Crippen molar-refractivity contribution in [2.75, 3.05) is 0 Å². The van der Waals surface area contributed by atoms with Gasteiger partial charge < -0.3 is 4.79 Å². The minimum atomic E-state index is 0. The molecule has 0 spiro atoms. The number of carbonyl (C=O) groups excluding carboxylic acids is 1. The van der Waals surface area contributed by atoms with E-state index in [1.807, 2.05) is 6.92 Å². The quantitative estimate of drug-likeness (QED) is 0.613. The molecule has 0 amide bonds. The molecule has 0 radical (unpaired) electrons. The van der Waals surface area contributed by atoms with Gasteiger partial charge in [0, 0.05) is 33.7 Å². The van der Waals surface area contributed by atoms with Crippen molar-refractivity contribution in [2.45, 2.75) is 26.7 Å². The van der Waals surface area contributed by atoms with E-state index in [1.165, 1.54) is 0 Å². The zero-order valence-electron chi connectivity index (χ0n) is 5.03. The fourth-order valence-electron chi connectivity index (χ4n) is 0.352. The summed E-state index contributed by atoms with van der Waals surface area (Å²) in [5, 5.41) is 0. The Morgan fingerprint density at radius 1 is 1.57 bits per heavy atom. The van der Waals surface area contributed by atoms with E-state index in [9.17, 15) is 4.79 Å². The van der Waals surface area contributed by atoms with Crippen molar-refractivity contribution in [2.24, 2.45) is 0 Å². The Morgan fingerprint density at radius 3 is 2.00 bits per heavy atom. The van der Waals surface area contributed by atoms with Gasteiger partial charge in [-0.1, -0.05) is 6.92 Å². The second kappa shape index (κ2) is 6.59. The summed E-state index contributed by atoms with van der Waals surface area (Å²) >= 11 is 0. The first-order valence-corrected chi connectivity index (χ1v) is 2.26. The monoisotopic (exact) mass is 200 g/mol. The second-order valence-corrected chi connectivity index (χ2v) is 1.45. The van der Waals surface area contributed by atoms with Crippen LogP contribution >= 0.6 is 0 Å². The average Bonchev–Trinajstić information content (AvgIpc) is 1.35. The van der Waals surface area contributed by atoms with Crippen LogP contribution in [0.15, 0.2) is 0 Å². The van der Waals surface area contributed by atoms with Crippen LogP contribution in [0.3, 0.4) is 0 Å². The largest absolute Gasteiger partial charge is 0.300 e. The van der Waals surface area contributed by atoms with Gasteiger partial charge in [0.25, 0.3) is 0 Å². The molecule has 38 valence electrons. The summed E-state index contributed by atoms with van der Waals surface area (Å²) in [6.07, 6.45) is 1.72. The molecule has 0 N–H and O–H groups in total. The molecule has 2 heteroatoms. The maximum Gasteiger partial charge on any atom is 0.129 e. The van der Waals surface area contributed by atoms with Crippen molar-refractivity contribution in [3.05, 3.63) is 0 Å². The van der Waals surface area contributed by atoms with E-state index in [2.05, 4.69) is 0 Å². The fraction of sp³-hybridized carbons (Fsp3) is 0.800. The van der Waals surface area contributed by atoms with Gasteiger partial charge in [0.05, 0.1) is 0 Å². The van der Waals surface area contributed by atoms with E-state index >= 15 is 0 Å². The molecule has 0 fully saturated rings. The molecule has 0 aromatic rings. The summed E-state index contributed by atoms with van der Waals surface area (Å²) in [4.78, 5) is 10.0. The van der Waals surface area contributed by atoms with E-state index in [1.54, 1.807) is 6.92 Å². The smallest absolute Gasteiger partial charge is 0.129 e. The van der Waals surface area contributed by atoms with Gasteiger partial charge in [-0.05, 0) is 13.3 Å². The molecule has 0 aliphatic heterocycles. The van der Waals surface area contributed by atoms with Crippen LogP contribution in [0.5, 0.6) is 0 Å². The summed E-state index contributed by atoms with van der Waals surface area (Å²) in [5.41, 5.74) is 0. The van der Waals surface area contributed by atoms with Gasteiger partial charge in [-0.25, -0.2) is 0 Å². The van der Waals surface area contributed by atoms with E-state index in [0.29, 0.717) is 0 Å². The molecular formula is C5H10CdO. The standard InChI is InChI=1S/C5H10O.Cd/c1-3-4-5(2)6;/h3-4H2,1-2H3;. The van der Waals surface area contributed by atoms with Crippen LogP contribution in [0.2, 0.25) is 0 Å². The Morgan fingerprint density at radius 2 is 2.00 bits per heavy atom. The molecule has 0 aromatic carbocycles. The molecule has 0 bridgehead atoms. The Hall–Kier alpha value is 0.592. The predicted octanol–water partition coefficient (Wildman–Crippen LogP) is 1.37. The Bertz CT molecular complexity index is 52.0. The minimum Gasteiger partial charge on any atom is -0.300 e. The SMILES string of the molecule is CCCC(C)=O.[Cd]. The van der Waals surface area contributed by atoms with Crippen molar-refractivity contribution >= 4 is 5.78 Å². The van der Waals surface area contributed by atoms with Crippen molar-refractivity contribution < 1.29 is 32.1 Å². The van der Waals surface area contributed by atoms with Crippen LogP contribution in [-0.2, 0) is 32.1 Å². The normalized spacial score (nSPS) is 7.14. The third-order valence-electron chi connectivity index (χ3n) is 0.602. The van der Waals surface area contributed by atoms with Crippen LogP contribution in [0.25, 0.3) is 0 Å². The summed E-state index contributed by atoms with van der Waals surface area (Å²) in [7, 11) is 0. The van der Waals surface area contributed by atoms with Gasteiger partial charge in [-0.2, -0.15) is 0 Å². The van der Waals surface area contributed by atoms with E-state index in [0.717, 1.165) is 12.8 Å². The third-order valence-corrected chi connectivity index (χ3v) is 0.602. The van der Waals surface area contributed by atoms with Crippen LogP contribution in [-0.4, -0.2) is 5.78 Å². The first kappa shape index (κ1) is 10.6. The van der Waals surface area contributed by atoms with E-state index in [-0.39, 0.29) is 33.1 Å². The zero-order valence-corrected chi connectivity index (χ0v) is 9.07. The van der Waals surface area contributed by atoms with E-state index in [4.69, 9.17) is 0 Å². The molecule has 0 atom stereocenters. The van der Waals surface area contributed by atoms with E-state index < -0.39 is 0 Å². The number of Topliss-reactive ketones (excluding diaryl/α,β-unsaturated/α-hetero) is 1. The number of rotatable bonds is 2. The summed E-state index contributed by atoms with van der Waals surface area (Å²) < 4.78 is 0. The summed E-state index contributed by atoms with van der Waals surface area (Å²) in [5.74, 6) is 0.289. The molecule has 0 saturated carbocycles. The summed E-state index contributed by atoms with van der Waals surface area (Å²) in [6.45, 7) is 3.62. The third kappa shape index (κ3) is 10.8. The second-order valence-electron chi connectivity index (χ2n) is 1.45. The van der Waals surface area contributed by atoms with Crippen molar-refractivity contribution in [3.63, 3.8) is 0 Å². The molecule has 0 rings (SSSR count). The van der Waals surface area contributed by atoms with Gasteiger partial charge >= 0.3 is 0 Å². The van der Waals surface area contributed by atoms with Gasteiger partial charge in [0.1, 0.15) is 5.78 Å². The van der Waals surface area contributed by atoms with Gasteiger partial charge in [0.2, 0.25) is 0 Å². The molecule has 0 heterocycles. The maximum atomic E-state index is 10.0. The molecule has 0 aliphatic rings. The van der Waals surface area contributed by atoms with Gasteiger partial charge in [0.15, 0.2) is 0 Å². The number of carbonyl (C=O) groups is 1. The number of hydrogen-bond acceptors (Lipinski definition) is 1. The molecule has 0 aromatic heterocycles. The molecular weight excluding hydrogens is 188 g/mol. The number of ketones is 1. The fourth-order valence-corrected chi connectivity index (χ4v) is 0.352. The van der Waals surface area contributed by atoms with Gasteiger partial charge in [-0.3, -0.25) is 0 Å². The van der Waals surface area contributed by atoms with Crippen LogP contribution in [0.1, 0.15) is 26.7 Å². The Labute approximate surface area is 64.6 Å². The van der Waals surface area contributed by atoms with Crippen molar-refractivity contribution in [1.29, 1.82) is 0 Å². The van der Waals surface area contributed by atoms with Crippen LogP contribution in [0.4, 0.5) is 0 Å². The Balaban J connectivity index is 0. The molecule has 0 aliphatic carbocycles. The molecule has 0 saturated heterocycles. The molecule has 7 heavy (non-hydrogen) atoms. The zero-order chi connectivity index (χ0) is 4.99. The molecule has 1 nitrogen and oxygen atoms in total. The first-order valence-electron chi connectivity index (χ1n) is 2.26. The average molecular weight is 199 g/mol. The van der Waals surface area contributed by atoms with Crippen molar-refractivity contribution in [1.82, 2.24) is 0 Å². The maximum absolute atomic E-state index is 10.0. The summed E-state index contributed by atoms with van der Waals surface area (Å²) in [6, 6.07) is 0. The molecule has 0 unspecified atom stereocenters. The first-order chi connectivity index (χ1) is 2.77. The number of hydrogen-bond donors (Lipinski definition) is 0. The topological polar surface area (TPSA) is 17.1 Å².